The Morgan fingerprint density at radius 3 is 2.30 bits per heavy atom. The number of nitrogens with zero attached hydrogens (tertiary/aromatic N) is 3. The van der Waals surface area contributed by atoms with Crippen molar-refractivity contribution in [2.24, 2.45) is 16.8 Å². The number of nitrogens with one attached hydrogen (secondary N) is 1. The monoisotopic (exact) mass is 434 g/mol. The Hall–Kier alpha value is -0.0400. The summed E-state index contributed by atoms with van der Waals surface area (Å²) in [5.41, 5.74) is 0. The van der Waals surface area contributed by atoms with Crippen molar-refractivity contribution in [3.05, 3.63) is 0 Å². The number of fused-ring (bicyclic) bond motifs is 1. The fraction of sp³-hybridized carbons (Fsp3) is 0.944. The van der Waals surface area contributed by atoms with Gasteiger partial charge in [0.1, 0.15) is 0 Å². The smallest absolute Gasteiger partial charge is 0.193 e. The number of hydrogen-bond donors (Lipinski definition) is 1. The predicted octanol–water partition coefficient (Wildman–Crippen LogP) is 3.18. The van der Waals surface area contributed by atoms with Crippen LogP contribution in [0.4, 0.5) is 0 Å². The van der Waals surface area contributed by atoms with E-state index >= 15 is 0 Å². The molecule has 1 aliphatic carbocycles. The first-order chi connectivity index (χ1) is 10.8. The van der Waals surface area contributed by atoms with E-state index in [4.69, 9.17) is 0 Å². The van der Waals surface area contributed by atoms with Gasteiger partial charge in [-0.05, 0) is 51.0 Å². The number of piperidine rings is 1. The number of rotatable bonds is 3. The molecule has 0 aromatic carbocycles. The minimum Gasteiger partial charge on any atom is -0.355 e. The SMILES string of the molecule is CN=C(NCCN1CCCCC1C)N1CC2CCCCC2C1.I. The van der Waals surface area contributed by atoms with Crippen LogP contribution in [0.25, 0.3) is 0 Å². The van der Waals surface area contributed by atoms with Gasteiger partial charge >= 0.3 is 0 Å². The summed E-state index contributed by atoms with van der Waals surface area (Å²) in [5, 5.41) is 3.62. The van der Waals surface area contributed by atoms with Crippen LogP contribution in [0, 0.1) is 11.8 Å². The van der Waals surface area contributed by atoms with Crippen molar-refractivity contribution in [2.75, 3.05) is 39.8 Å². The Balaban J connectivity index is 0.00000192. The van der Waals surface area contributed by atoms with Gasteiger partial charge < -0.3 is 10.2 Å². The fourth-order valence-corrected chi connectivity index (χ4v) is 4.71. The summed E-state index contributed by atoms with van der Waals surface area (Å²) >= 11 is 0. The Kier molecular flexibility index (Phi) is 7.92. The summed E-state index contributed by atoms with van der Waals surface area (Å²) in [5.74, 6) is 2.99. The van der Waals surface area contributed by atoms with Crippen molar-refractivity contribution >= 4 is 29.9 Å². The third kappa shape index (κ3) is 4.97. The third-order valence-electron chi connectivity index (χ3n) is 6.11. The molecule has 1 N–H and O–H groups in total. The highest BCUT2D eigenvalue weighted by Crippen LogP contribution is 2.35. The van der Waals surface area contributed by atoms with E-state index in [0.717, 1.165) is 36.9 Å². The summed E-state index contributed by atoms with van der Waals surface area (Å²) in [4.78, 5) is 9.69. The zero-order valence-corrected chi connectivity index (χ0v) is 17.3. The topological polar surface area (TPSA) is 30.9 Å². The van der Waals surface area contributed by atoms with E-state index < -0.39 is 0 Å². The number of aliphatic imine (C=N–C) groups is 1. The molecule has 0 aromatic rings. The molecular formula is C18H35IN4. The van der Waals surface area contributed by atoms with Crippen molar-refractivity contribution in [2.45, 2.75) is 57.9 Å². The van der Waals surface area contributed by atoms with Crippen LogP contribution < -0.4 is 5.32 Å². The van der Waals surface area contributed by atoms with Gasteiger partial charge in [0, 0.05) is 39.3 Å². The van der Waals surface area contributed by atoms with E-state index in [0.29, 0.717) is 0 Å². The molecule has 2 aliphatic heterocycles. The lowest BCUT2D eigenvalue weighted by atomic mass is 9.82. The maximum atomic E-state index is 4.54. The van der Waals surface area contributed by atoms with Gasteiger partial charge in [0.05, 0.1) is 0 Å². The van der Waals surface area contributed by atoms with Gasteiger partial charge in [-0.3, -0.25) is 9.89 Å². The maximum Gasteiger partial charge on any atom is 0.193 e. The van der Waals surface area contributed by atoms with Crippen LogP contribution in [0.2, 0.25) is 0 Å². The Labute approximate surface area is 159 Å². The van der Waals surface area contributed by atoms with Crippen molar-refractivity contribution in [1.29, 1.82) is 0 Å². The summed E-state index contributed by atoms with van der Waals surface area (Å²) in [6, 6.07) is 0.757. The fourth-order valence-electron chi connectivity index (χ4n) is 4.71. The summed E-state index contributed by atoms with van der Waals surface area (Å²) < 4.78 is 0. The lowest BCUT2D eigenvalue weighted by Crippen LogP contribution is -2.46. The average Bonchev–Trinajstić information content (AvgIpc) is 2.97. The first kappa shape index (κ1) is 19.3. The van der Waals surface area contributed by atoms with Crippen LogP contribution in [0.1, 0.15) is 51.9 Å². The van der Waals surface area contributed by atoms with Gasteiger partial charge in [0.25, 0.3) is 0 Å². The van der Waals surface area contributed by atoms with E-state index in [1.165, 1.54) is 64.6 Å². The van der Waals surface area contributed by atoms with Crippen LogP contribution in [0.3, 0.4) is 0 Å². The van der Waals surface area contributed by atoms with Crippen LogP contribution in [-0.4, -0.2) is 61.6 Å². The zero-order chi connectivity index (χ0) is 15.4. The van der Waals surface area contributed by atoms with Crippen molar-refractivity contribution in [1.82, 2.24) is 15.1 Å². The molecule has 3 unspecified atom stereocenters. The molecule has 2 saturated heterocycles. The molecule has 0 bridgehead atoms. The highest BCUT2D eigenvalue weighted by atomic mass is 127. The second kappa shape index (κ2) is 9.44. The average molecular weight is 434 g/mol. The first-order valence-corrected chi connectivity index (χ1v) is 9.47. The normalized spacial score (nSPS) is 32.3. The number of hydrogen-bond acceptors (Lipinski definition) is 2. The largest absolute Gasteiger partial charge is 0.355 e. The summed E-state index contributed by atoms with van der Waals surface area (Å²) in [6.07, 6.45) is 9.89. The minimum atomic E-state index is 0. The molecule has 2 heterocycles. The molecule has 134 valence electrons. The minimum absolute atomic E-state index is 0. The van der Waals surface area contributed by atoms with Crippen LogP contribution in [-0.2, 0) is 0 Å². The Morgan fingerprint density at radius 2 is 1.70 bits per heavy atom. The van der Waals surface area contributed by atoms with Gasteiger partial charge in [-0.1, -0.05) is 19.3 Å². The molecule has 0 amide bonds. The molecular weight excluding hydrogens is 399 g/mol. The zero-order valence-electron chi connectivity index (χ0n) is 15.0. The maximum absolute atomic E-state index is 4.54. The highest BCUT2D eigenvalue weighted by Gasteiger charge is 2.35. The lowest BCUT2D eigenvalue weighted by molar-refractivity contribution is 0.163. The van der Waals surface area contributed by atoms with Gasteiger partial charge in [0.2, 0.25) is 0 Å². The summed E-state index contributed by atoms with van der Waals surface area (Å²) in [7, 11) is 1.94. The molecule has 1 saturated carbocycles. The van der Waals surface area contributed by atoms with Gasteiger partial charge in [0.15, 0.2) is 5.96 Å². The second-order valence-electron chi connectivity index (χ2n) is 7.56. The summed E-state index contributed by atoms with van der Waals surface area (Å²) in [6.45, 7) is 8.28. The lowest BCUT2D eigenvalue weighted by Gasteiger charge is -2.33. The second-order valence-corrected chi connectivity index (χ2v) is 7.56. The molecule has 3 aliphatic rings. The van der Waals surface area contributed by atoms with E-state index in [9.17, 15) is 0 Å². The number of halogens is 1. The van der Waals surface area contributed by atoms with Crippen LogP contribution in [0.5, 0.6) is 0 Å². The van der Waals surface area contributed by atoms with E-state index in [2.05, 4.69) is 27.0 Å². The number of guanidine groups is 1. The van der Waals surface area contributed by atoms with Gasteiger partial charge in [-0.2, -0.15) is 0 Å². The molecule has 0 aromatic heterocycles. The van der Waals surface area contributed by atoms with Crippen LogP contribution in [0.15, 0.2) is 4.99 Å². The van der Waals surface area contributed by atoms with Crippen molar-refractivity contribution < 1.29 is 0 Å². The van der Waals surface area contributed by atoms with Crippen molar-refractivity contribution in [3.8, 4) is 0 Å². The molecule has 3 rings (SSSR count). The third-order valence-corrected chi connectivity index (χ3v) is 6.11. The molecule has 0 radical (unpaired) electrons. The molecule has 23 heavy (non-hydrogen) atoms. The predicted molar refractivity (Wildman–Crippen MR) is 109 cm³/mol. The van der Waals surface area contributed by atoms with Crippen molar-refractivity contribution in [3.63, 3.8) is 0 Å². The Morgan fingerprint density at radius 1 is 1.04 bits per heavy atom. The molecule has 5 heteroatoms. The van der Waals surface area contributed by atoms with E-state index in [1.807, 2.05) is 7.05 Å². The first-order valence-electron chi connectivity index (χ1n) is 9.47. The van der Waals surface area contributed by atoms with E-state index in [1.54, 1.807) is 0 Å². The quantitative estimate of drug-likeness (QED) is 0.421. The molecule has 3 atom stereocenters. The molecule has 4 nitrogen and oxygen atoms in total. The van der Waals surface area contributed by atoms with E-state index in [-0.39, 0.29) is 24.0 Å². The van der Waals surface area contributed by atoms with Gasteiger partial charge in [-0.15, -0.1) is 24.0 Å². The Bertz CT molecular complexity index is 373. The molecule has 3 fully saturated rings. The van der Waals surface area contributed by atoms with Crippen LogP contribution >= 0.6 is 24.0 Å². The molecule has 0 spiro atoms. The number of likely N-dealkylation sites (tertiary alicyclic amines) is 2. The standard InChI is InChI=1S/C18H34N4.HI/c1-15-7-5-6-11-21(15)12-10-20-18(19-2)22-13-16-8-3-4-9-17(16)14-22;/h15-17H,3-14H2,1-2H3,(H,19,20);1H. The van der Waals surface area contributed by atoms with Gasteiger partial charge in [-0.25, -0.2) is 0 Å². The highest BCUT2D eigenvalue weighted by molar-refractivity contribution is 14.0.